The maximum atomic E-state index is 8.62. The van der Waals surface area contributed by atoms with E-state index in [9.17, 15) is 0 Å². The van der Waals surface area contributed by atoms with Crippen molar-refractivity contribution in [2.75, 3.05) is 26.9 Å². The lowest BCUT2D eigenvalue weighted by molar-refractivity contribution is 0.150. The molecule has 0 aromatic carbocycles. The van der Waals surface area contributed by atoms with Crippen molar-refractivity contribution in [3.8, 4) is 0 Å². The molecular weight excluding hydrogens is 118 g/mol. The summed E-state index contributed by atoms with van der Waals surface area (Å²) in [6.07, 6.45) is 0.851. The van der Waals surface area contributed by atoms with Gasteiger partial charge in [-0.2, -0.15) is 0 Å². The van der Waals surface area contributed by atoms with Crippen LogP contribution in [-0.2, 0) is 4.74 Å². The Morgan fingerprint density at radius 2 is 2.33 bits per heavy atom. The summed E-state index contributed by atoms with van der Waals surface area (Å²) < 4.78 is 4.81. The number of methoxy groups -OCH3 is 1. The monoisotopic (exact) mass is 133 g/mol. The highest BCUT2D eigenvalue weighted by Gasteiger charge is 2.02. The molecule has 0 radical (unpaired) electrons. The van der Waals surface area contributed by atoms with Gasteiger partial charge >= 0.3 is 0 Å². The van der Waals surface area contributed by atoms with Gasteiger partial charge in [-0.25, -0.2) is 0 Å². The maximum absolute atomic E-state index is 8.62. The van der Waals surface area contributed by atoms with Crippen LogP contribution in [0.4, 0.5) is 0 Å². The molecule has 0 bridgehead atoms. The minimum absolute atomic E-state index is 0.167. The van der Waals surface area contributed by atoms with Crippen LogP contribution in [0.2, 0.25) is 0 Å². The first-order chi connectivity index (χ1) is 4.35. The molecule has 3 N–H and O–H groups in total. The lowest BCUT2D eigenvalue weighted by Gasteiger charge is -2.08. The van der Waals surface area contributed by atoms with Crippen molar-refractivity contribution in [2.24, 2.45) is 11.7 Å². The Morgan fingerprint density at radius 1 is 1.67 bits per heavy atom. The molecule has 0 aliphatic rings. The summed E-state index contributed by atoms with van der Waals surface area (Å²) in [7, 11) is 1.64. The molecule has 1 atom stereocenters. The molecule has 1 unspecified atom stereocenters. The standard InChI is InChI=1S/C6H15NO2/c1-9-3-2-6(4-7)5-8/h6,8H,2-5,7H2,1H3. The SMILES string of the molecule is COCCC(CN)CO. The van der Waals surface area contributed by atoms with Crippen LogP contribution in [0.15, 0.2) is 0 Å². The first-order valence-corrected chi connectivity index (χ1v) is 3.15. The molecule has 0 aliphatic carbocycles. The van der Waals surface area contributed by atoms with E-state index < -0.39 is 0 Å². The number of aliphatic hydroxyl groups is 1. The number of hydrogen-bond acceptors (Lipinski definition) is 3. The molecule has 0 saturated heterocycles. The van der Waals surface area contributed by atoms with Gasteiger partial charge in [-0.05, 0) is 18.9 Å². The van der Waals surface area contributed by atoms with E-state index in [1.165, 1.54) is 0 Å². The third kappa shape index (κ3) is 4.39. The number of nitrogens with two attached hydrogens (primary N) is 1. The lowest BCUT2D eigenvalue weighted by Crippen LogP contribution is -2.19. The fourth-order valence-corrected chi connectivity index (χ4v) is 0.568. The van der Waals surface area contributed by atoms with Gasteiger partial charge in [0.15, 0.2) is 0 Å². The van der Waals surface area contributed by atoms with E-state index in [1.807, 2.05) is 0 Å². The van der Waals surface area contributed by atoms with Gasteiger partial charge in [0.1, 0.15) is 0 Å². The van der Waals surface area contributed by atoms with Crippen LogP contribution in [0.25, 0.3) is 0 Å². The van der Waals surface area contributed by atoms with Crippen molar-refractivity contribution in [3.63, 3.8) is 0 Å². The average Bonchev–Trinajstić information content (AvgIpc) is 1.91. The number of rotatable bonds is 5. The fourth-order valence-electron chi connectivity index (χ4n) is 0.568. The predicted molar refractivity (Wildman–Crippen MR) is 36.1 cm³/mol. The van der Waals surface area contributed by atoms with E-state index in [2.05, 4.69) is 0 Å². The normalized spacial score (nSPS) is 13.7. The zero-order valence-corrected chi connectivity index (χ0v) is 5.84. The lowest BCUT2D eigenvalue weighted by atomic mass is 10.1. The second-order valence-corrected chi connectivity index (χ2v) is 2.07. The minimum atomic E-state index is 0.167. The molecule has 0 aromatic heterocycles. The molecule has 0 aliphatic heterocycles. The van der Waals surface area contributed by atoms with Crippen molar-refractivity contribution in [2.45, 2.75) is 6.42 Å². The van der Waals surface area contributed by atoms with Gasteiger partial charge in [-0.1, -0.05) is 0 Å². The molecule has 0 rings (SSSR count). The highest BCUT2D eigenvalue weighted by molar-refractivity contribution is 4.56. The van der Waals surface area contributed by atoms with Crippen molar-refractivity contribution in [3.05, 3.63) is 0 Å². The smallest absolute Gasteiger partial charge is 0.0472 e. The molecular formula is C6H15NO2. The molecule has 9 heavy (non-hydrogen) atoms. The second kappa shape index (κ2) is 6.01. The summed E-state index contributed by atoms with van der Waals surface area (Å²) in [4.78, 5) is 0. The Labute approximate surface area is 55.8 Å². The van der Waals surface area contributed by atoms with Crippen LogP contribution < -0.4 is 5.73 Å². The van der Waals surface area contributed by atoms with E-state index in [0.717, 1.165) is 6.42 Å². The molecule has 0 amide bonds. The van der Waals surface area contributed by atoms with Crippen LogP contribution in [0.3, 0.4) is 0 Å². The van der Waals surface area contributed by atoms with E-state index in [0.29, 0.717) is 13.2 Å². The van der Waals surface area contributed by atoms with Crippen LogP contribution in [0, 0.1) is 5.92 Å². The second-order valence-electron chi connectivity index (χ2n) is 2.07. The summed E-state index contributed by atoms with van der Waals surface area (Å²) in [5.41, 5.74) is 5.31. The highest BCUT2D eigenvalue weighted by atomic mass is 16.5. The summed E-state index contributed by atoms with van der Waals surface area (Å²) in [5.74, 6) is 0.213. The van der Waals surface area contributed by atoms with Gasteiger partial charge in [-0.3, -0.25) is 0 Å². The molecule has 3 heteroatoms. The van der Waals surface area contributed by atoms with Crippen molar-refractivity contribution in [1.82, 2.24) is 0 Å². The molecule has 0 saturated carbocycles. The average molecular weight is 133 g/mol. The number of hydrogen-bond donors (Lipinski definition) is 2. The summed E-state index contributed by atoms with van der Waals surface area (Å²) >= 11 is 0. The number of ether oxygens (including phenoxy) is 1. The third-order valence-electron chi connectivity index (χ3n) is 1.32. The Kier molecular flexibility index (Phi) is 5.93. The maximum Gasteiger partial charge on any atom is 0.0472 e. The van der Waals surface area contributed by atoms with E-state index >= 15 is 0 Å². The van der Waals surface area contributed by atoms with E-state index in [4.69, 9.17) is 15.6 Å². The number of aliphatic hydroxyl groups excluding tert-OH is 1. The zero-order valence-electron chi connectivity index (χ0n) is 5.84. The summed E-state index contributed by atoms with van der Waals surface area (Å²) in [6.45, 7) is 1.39. The third-order valence-corrected chi connectivity index (χ3v) is 1.32. The predicted octanol–water partition coefficient (Wildman–Crippen LogP) is -0.410. The quantitative estimate of drug-likeness (QED) is 0.536. The molecule has 0 aromatic rings. The zero-order chi connectivity index (χ0) is 7.11. The molecule has 56 valence electrons. The summed E-state index contributed by atoms with van der Waals surface area (Å²) in [6, 6.07) is 0. The molecule has 0 fully saturated rings. The molecule has 3 nitrogen and oxygen atoms in total. The topological polar surface area (TPSA) is 55.5 Å². The fraction of sp³-hybridized carbons (Fsp3) is 1.00. The summed E-state index contributed by atoms with van der Waals surface area (Å²) in [5, 5.41) is 8.62. The minimum Gasteiger partial charge on any atom is -0.396 e. The van der Waals surface area contributed by atoms with Crippen molar-refractivity contribution < 1.29 is 9.84 Å². The van der Waals surface area contributed by atoms with Gasteiger partial charge in [0.25, 0.3) is 0 Å². The Morgan fingerprint density at radius 3 is 2.67 bits per heavy atom. The van der Waals surface area contributed by atoms with Crippen molar-refractivity contribution >= 4 is 0 Å². The highest BCUT2D eigenvalue weighted by Crippen LogP contribution is 1.97. The van der Waals surface area contributed by atoms with Gasteiger partial charge in [0, 0.05) is 20.3 Å². The van der Waals surface area contributed by atoms with Crippen LogP contribution >= 0.6 is 0 Å². The first-order valence-electron chi connectivity index (χ1n) is 3.15. The van der Waals surface area contributed by atoms with Gasteiger partial charge in [0.2, 0.25) is 0 Å². The van der Waals surface area contributed by atoms with Gasteiger partial charge < -0.3 is 15.6 Å². The first kappa shape index (κ1) is 8.88. The Hall–Kier alpha value is -0.120. The van der Waals surface area contributed by atoms with Crippen LogP contribution in [0.1, 0.15) is 6.42 Å². The Balaban J connectivity index is 3.09. The van der Waals surface area contributed by atoms with Gasteiger partial charge in [0.05, 0.1) is 0 Å². The van der Waals surface area contributed by atoms with Gasteiger partial charge in [-0.15, -0.1) is 0 Å². The van der Waals surface area contributed by atoms with E-state index in [-0.39, 0.29) is 12.5 Å². The van der Waals surface area contributed by atoms with E-state index in [1.54, 1.807) is 7.11 Å². The Bertz CT molecular complexity index is 55.0. The molecule has 0 spiro atoms. The van der Waals surface area contributed by atoms with Crippen LogP contribution in [-0.4, -0.2) is 32.0 Å². The van der Waals surface area contributed by atoms with Crippen LogP contribution in [0.5, 0.6) is 0 Å². The van der Waals surface area contributed by atoms with Crippen molar-refractivity contribution in [1.29, 1.82) is 0 Å². The molecule has 0 heterocycles. The largest absolute Gasteiger partial charge is 0.396 e.